The van der Waals surface area contributed by atoms with Crippen molar-refractivity contribution in [1.29, 1.82) is 0 Å². The normalized spacial score (nSPS) is 27.8. The van der Waals surface area contributed by atoms with Crippen molar-refractivity contribution in [2.45, 2.75) is 30.6 Å². The number of carbonyl (C=O) groups excluding carboxylic acids is 1. The van der Waals surface area contributed by atoms with Crippen molar-refractivity contribution in [2.75, 3.05) is 6.54 Å². The third-order valence-electron chi connectivity index (χ3n) is 4.85. The molecule has 2 saturated carbocycles. The van der Waals surface area contributed by atoms with Gasteiger partial charge in [-0.1, -0.05) is 6.42 Å². The maximum Gasteiger partial charge on any atom is 0.251 e. The number of nitrogens with one attached hydrogen (secondary N) is 1. The Balaban J connectivity index is 1.58. The van der Waals surface area contributed by atoms with E-state index in [1.54, 1.807) is 0 Å². The number of rotatable bonds is 4. The maximum absolute atomic E-state index is 12.1. The summed E-state index contributed by atoms with van der Waals surface area (Å²) < 4.78 is 22.3. The van der Waals surface area contributed by atoms with Crippen LogP contribution in [0.1, 0.15) is 36.0 Å². The van der Waals surface area contributed by atoms with E-state index in [1.165, 1.54) is 49.9 Å². The Morgan fingerprint density at radius 1 is 1.19 bits per heavy atom. The second kappa shape index (κ2) is 5.42. The zero-order valence-electron chi connectivity index (χ0n) is 11.8. The van der Waals surface area contributed by atoms with Crippen LogP contribution in [0.5, 0.6) is 0 Å². The fraction of sp³-hybridized carbons (Fsp3) is 0.533. The molecule has 1 aromatic carbocycles. The Labute approximate surface area is 125 Å². The monoisotopic (exact) mass is 308 g/mol. The predicted octanol–water partition coefficient (Wildman–Crippen LogP) is 1.50. The van der Waals surface area contributed by atoms with Gasteiger partial charge in [0.2, 0.25) is 10.0 Å². The van der Waals surface area contributed by atoms with E-state index in [4.69, 9.17) is 5.14 Å². The zero-order valence-corrected chi connectivity index (χ0v) is 12.6. The molecule has 5 nitrogen and oxygen atoms in total. The highest BCUT2D eigenvalue weighted by Crippen LogP contribution is 2.47. The molecule has 2 fully saturated rings. The van der Waals surface area contributed by atoms with Crippen LogP contribution in [0, 0.1) is 17.8 Å². The Hall–Kier alpha value is -1.40. The fourth-order valence-corrected chi connectivity index (χ4v) is 4.26. The molecule has 3 atom stereocenters. The number of sulfonamides is 1. The van der Waals surface area contributed by atoms with Crippen LogP contribution in [-0.4, -0.2) is 20.9 Å². The van der Waals surface area contributed by atoms with Crippen molar-refractivity contribution in [3.8, 4) is 0 Å². The molecule has 3 rings (SSSR count). The molecule has 0 spiro atoms. The second-order valence-electron chi connectivity index (χ2n) is 6.21. The van der Waals surface area contributed by atoms with E-state index < -0.39 is 10.0 Å². The molecule has 3 unspecified atom stereocenters. The lowest BCUT2D eigenvalue weighted by molar-refractivity contribution is 0.0941. The lowest BCUT2D eigenvalue weighted by Crippen LogP contribution is -2.31. The van der Waals surface area contributed by atoms with Crippen LogP contribution in [-0.2, 0) is 10.0 Å². The lowest BCUT2D eigenvalue weighted by atomic mass is 9.89. The van der Waals surface area contributed by atoms with E-state index in [-0.39, 0.29) is 10.8 Å². The summed E-state index contributed by atoms with van der Waals surface area (Å²) in [5.74, 6) is 2.10. The van der Waals surface area contributed by atoms with Crippen molar-refractivity contribution in [1.82, 2.24) is 5.32 Å². The van der Waals surface area contributed by atoms with E-state index in [2.05, 4.69) is 5.32 Å². The summed E-state index contributed by atoms with van der Waals surface area (Å²) in [5.41, 5.74) is 0.463. The molecule has 0 aromatic heterocycles. The minimum absolute atomic E-state index is 0.0205. The first-order valence-electron chi connectivity index (χ1n) is 7.34. The summed E-state index contributed by atoms with van der Waals surface area (Å²) in [6.45, 7) is 0.719. The molecule has 1 amide bonds. The number of benzene rings is 1. The highest BCUT2D eigenvalue weighted by molar-refractivity contribution is 7.89. The van der Waals surface area contributed by atoms with Crippen LogP contribution in [0.15, 0.2) is 29.2 Å². The first kappa shape index (κ1) is 14.5. The predicted molar refractivity (Wildman–Crippen MR) is 79.1 cm³/mol. The molecule has 6 heteroatoms. The average Bonchev–Trinajstić information content (AvgIpc) is 3.06. The Morgan fingerprint density at radius 3 is 2.43 bits per heavy atom. The molecule has 0 saturated heterocycles. The number of primary sulfonamides is 1. The highest BCUT2D eigenvalue weighted by atomic mass is 32.2. The minimum Gasteiger partial charge on any atom is -0.352 e. The van der Waals surface area contributed by atoms with Gasteiger partial charge in [0.1, 0.15) is 0 Å². The summed E-state index contributed by atoms with van der Waals surface area (Å²) >= 11 is 0. The standard InChI is InChI=1S/C15H20N2O3S/c16-21(19,20)14-5-3-11(4-6-14)15(18)17-9-13-8-10-1-2-12(13)7-10/h3-6,10,12-13H,1-2,7-9H2,(H,17,18)(H2,16,19,20). The van der Waals surface area contributed by atoms with Gasteiger partial charge in [-0.25, -0.2) is 13.6 Å². The Kier molecular flexibility index (Phi) is 3.75. The Bertz CT molecular complexity index is 639. The third-order valence-corrected chi connectivity index (χ3v) is 5.78. The summed E-state index contributed by atoms with van der Waals surface area (Å²) in [4.78, 5) is 12.1. The van der Waals surface area contributed by atoms with Gasteiger partial charge in [0.25, 0.3) is 5.91 Å². The molecule has 1 aromatic rings. The van der Waals surface area contributed by atoms with E-state index in [0.717, 1.165) is 18.4 Å². The first-order chi connectivity index (χ1) is 9.93. The summed E-state index contributed by atoms with van der Waals surface area (Å²) in [5, 5.41) is 8.00. The van der Waals surface area contributed by atoms with Crippen LogP contribution in [0.3, 0.4) is 0 Å². The van der Waals surface area contributed by atoms with E-state index >= 15 is 0 Å². The largest absolute Gasteiger partial charge is 0.352 e. The van der Waals surface area contributed by atoms with E-state index in [1.807, 2.05) is 0 Å². The van der Waals surface area contributed by atoms with Crippen molar-refractivity contribution in [3.05, 3.63) is 29.8 Å². The molecule has 0 heterocycles. The number of hydrogen-bond donors (Lipinski definition) is 2. The smallest absolute Gasteiger partial charge is 0.251 e. The Morgan fingerprint density at radius 2 is 1.90 bits per heavy atom. The van der Waals surface area contributed by atoms with Gasteiger partial charge >= 0.3 is 0 Å². The van der Waals surface area contributed by atoms with Gasteiger partial charge in [-0.15, -0.1) is 0 Å². The summed E-state index contributed by atoms with van der Waals surface area (Å²) in [6, 6.07) is 5.72. The van der Waals surface area contributed by atoms with Gasteiger partial charge in [-0.05, 0) is 61.3 Å². The van der Waals surface area contributed by atoms with Gasteiger partial charge in [0.15, 0.2) is 0 Å². The molecule has 2 bridgehead atoms. The first-order valence-corrected chi connectivity index (χ1v) is 8.89. The second-order valence-corrected chi connectivity index (χ2v) is 7.78. The number of nitrogens with two attached hydrogens (primary N) is 1. The van der Waals surface area contributed by atoms with Gasteiger partial charge in [-0.3, -0.25) is 4.79 Å². The van der Waals surface area contributed by atoms with Gasteiger partial charge < -0.3 is 5.32 Å². The molecule has 114 valence electrons. The van der Waals surface area contributed by atoms with E-state index in [0.29, 0.717) is 11.5 Å². The quantitative estimate of drug-likeness (QED) is 0.883. The van der Waals surface area contributed by atoms with Crippen molar-refractivity contribution in [3.63, 3.8) is 0 Å². The fourth-order valence-electron chi connectivity index (χ4n) is 3.75. The van der Waals surface area contributed by atoms with Crippen LogP contribution in [0.25, 0.3) is 0 Å². The van der Waals surface area contributed by atoms with Gasteiger partial charge in [-0.2, -0.15) is 0 Å². The van der Waals surface area contributed by atoms with Crippen LogP contribution >= 0.6 is 0 Å². The minimum atomic E-state index is -3.71. The van der Waals surface area contributed by atoms with Gasteiger partial charge in [0.05, 0.1) is 4.90 Å². The molecule has 21 heavy (non-hydrogen) atoms. The topological polar surface area (TPSA) is 89.3 Å². The summed E-state index contributed by atoms with van der Waals surface area (Å²) in [7, 11) is -3.71. The summed E-state index contributed by atoms with van der Waals surface area (Å²) in [6.07, 6.45) is 5.21. The number of fused-ring (bicyclic) bond motifs is 2. The van der Waals surface area contributed by atoms with E-state index in [9.17, 15) is 13.2 Å². The van der Waals surface area contributed by atoms with Crippen molar-refractivity contribution < 1.29 is 13.2 Å². The van der Waals surface area contributed by atoms with Gasteiger partial charge in [0, 0.05) is 12.1 Å². The van der Waals surface area contributed by atoms with Crippen molar-refractivity contribution in [2.24, 2.45) is 22.9 Å². The molecular weight excluding hydrogens is 288 g/mol. The van der Waals surface area contributed by atoms with Crippen LogP contribution < -0.4 is 10.5 Å². The average molecular weight is 308 g/mol. The van der Waals surface area contributed by atoms with Crippen LogP contribution in [0.2, 0.25) is 0 Å². The number of amides is 1. The SMILES string of the molecule is NS(=O)(=O)c1ccc(C(=O)NCC2CC3CCC2C3)cc1. The number of hydrogen-bond acceptors (Lipinski definition) is 3. The number of carbonyl (C=O) groups is 1. The highest BCUT2D eigenvalue weighted by Gasteiger charge is 2.39. The van der Waals surface area contributed by atoms with Crippen molar-refractivity contribution >= 4 is 15.9 Å². The molecule has 3 N–H and O–H groups in total. The molecular formula is C15H20N2O3S. The van der Waals surface area contributed by atoms with Crippen LogP contribution in [0.4, 0.5) is 0 Å². The maximum atomic E-state index is 12.1. The molecule has 0 radical (unpaired) electrons. The lowest BCUT2D eigenvalue weighted by Gasteiger charge is -2.21. The molecule has 2 aliphatic rings. The third kappa shape index (κ3) is 3.11. The molecule has 0 aliphatic heterocycles. The molecule has 2 aliphatic carbocycles. The zero-order chi connectivity index (χ0) is 15.0.